The van der Waals surface area contributed by atoms with Gasteiger partial charge >= 0.3 is 0 Å². The molecule has 1 aliphatic heterocycles. The predicted molar refractivity (Wildman–Crippen MR) is 80.7 cm³/mol. The van der Waals surface area contributed by atoms with Gasteiger partial charge < -0.3 is 10.1 Å². The largest absolute Gasteiger partial charge is 0.479 e. The molecule has 2 amide bonds. The van der Waals surface area contributed by atoms with E-state index in [1.807, 2.05) is 6.07 Å². The molecule has 1 aromatic heterocycles. The Morgan fingerprint density at radius 1 is 1.41 bits per heavy atom. The zero-order valence-electron chi connectivity index (χ0n) is 12.3. The van der Waals surface area contributed by atoms with E-state index in [-0.39, 0.29) is 18.4 Å². The van der Waals surface area contributed by atoms with Crippen molar-refractivity contribution in [3.8, 4) is 5.75 Å². The van der Waals surface area contributed by atoms with Gasteiger partial charge in [-0.3, -0.25) is 19.2 Å². The molecule has 22 heavy (non-hydrogen) atoms. The molecule has 0 bridgehead atoms. The summed E-state index contributed by atoms with van der Waals surface area (Å²) in [5.74, 6) is 0.0778. The predicted octanol–water partition coefficient (Wildman–Crippen LogP) is 1.17. The van der Waals surface area contributed by atoms with Crippen molar-refractivity contribution >= 4 is 23.2 Å². The van der Waals surface area contributed by atoms with Crippen LogP contribution in [0.3, 0.4) is 0 Å². The smallest absolute Gasteiger partial charge is 0.268 e. The standard InChI is InChI=1S/C15H16N4O3/c1-10-15(21)19(12-5-3-4-6-13(12)22-10)9-14(20)17-11-7-16-18(2)8-11/h3-8,10H,9H2,1-2H3,(H,17,20)/t10-/m1/s1. The van der Waals surface area contributed by atoms with Crippen molar-refractivity contribution in [3.63, 3.8) is 0 Å². The average Bonchev–Trinajstić information content (AvgIpc) is 2.89. The van der Waals surface area contributed by atoms with Crippen LogP contribution >= 0.6 is 0 Å². The summed E-state index contributed by atoms with van der Waals surface area (Å²) >= 11 is 0. The molecule has 2 aromatic rings. The van der Waals surface area contributed by atoms with Crippen LogP contribution in [0.25, 0.3) is 0 Å². The van der Waals surface area contributed by atoms with E-state index in [4.69, 9.17) is 4.74 Å². The minimum atomic E-state index is -0.610. The van der Waals surface area contributed by atoms with Crippen molar-refractivity contribution in [2.75, 3.05) is 16.8 Å². The lowest BCUT2D eigenvalue weighted by atomic mass is 10.2. The average molecular weight is 300 g/mol. The molecule has 0 saturated heterocycles. The number of benzene rings is 1. The second kappa shape index (κ2) is 5.51. The van der Waals surface area contributed by atoms with Gasteiger partial charge in [0.1, 0.15) is 12.3 Å². The fourth-order valence-corrected chi connectivity index (χ4v) is 2.35. The fourth-order valence-electron chi connectivity index (χ4n) is 2.35. The number of nitrogens with one attached hydrogen (secondary N) is 1. The Morgan fingerprint density at radius 2 is 2.18 bits per heavy atom. The van der Waals surface area contributed by atoms with Gasteiger partial charge in [0.05, 0.1) is 17.6 Å². The summed E-state index contributed by atoms with van der Waals surface area (Å²) in [6.45, 7) is 1.60. The van der Waals surface area contributed by atoms with E-state index in [0.29, 0.717) is 17.1 Å². The van der Waals surface area contributed by atoms with Crippen LogP contribution in [0.4, 0.5) is 11.4 Å². The summed E-state index contributed by atoms with van der Waals surface area (Å²) in [6, 6.07) is 7.17. The lowest BCUT2D eigenvalue weighted by Gasteiger charge is -2.32. The van der Waals surface area contributed by atoms with Gasteiger partial charge in [-0.15, -0.1) is 0 Å². The minimum Gasteiger partial charge on any atom is -0.479 e. The Hall–Kier alpha value is -2.83. The third kappa shape index (κ3) is 2.65. The first-order chi connectivity index (χ1) is 10.5. The van der Waals surface area contributed by atoms with Gasteiger partial charge in [0.15, 0.2) is 6.10 Å². The van der Waals surface area contributed by atoms with Crippen LogP contribution in [0.2, 0.25) is 0 Å². The highest BCUT2D eigenvalue weighted by Gasteiger charge is 2.32. The van der Waals surface area contributed by atoms with Crippen LogP contribution in [0.5, 0.6) is 5.75 Å². The first kappa shape index (κ1) is 14.1. The van der Waals surface area contributed by atoms with Gasteiger partial charge in [0.25, 0.3) is 5.91 Å². The highest BCUT2D eigenvalue weighted by molar-refractivity contribution is 6.06. The summed E-state index contributed by atoms with van der Waals surface area (Å²) in [6.07, 6.45) is 2.63. The van der Waals surface area contributed by atoms with Crippen LogP contribution in [-0.2, 0) is 16.6 Å². The van der Waals surface area contributed by atoms with Crippen molar-refractivity contribution in [2.45, 2.75) is 13.0 Å². The summed E-state index contributed by atoms with van der Waals surface area (Å²) in [4.78, 5) is 25.9. The number of ether oxygens (including phenoxy) is 1. The Morgan fingerprint density at radius 3 is 2.91 bits per heavy atom. The molecule has 3 rings (SSSR count). The Labute approximate surface area is 127 Å². The quantitative estimate of drug-likeness (QED) is 0.923. The van der Waals surface area contributed by atoms with Crippen LogP contribution in [0.15, 0.2) is 36.7 Å². The van der Waals surface area contributed by atoms with Crippen molar-refractivity contribution in [1.29, 1.82) is 0 Å². The van der Waals surface area contributed by atoms with Crippen molar-refractivity contribution in [3.05, 3.63) is 36.7 Å². The van der Waals surface area contributed by atoms with E-state index >= 15 is 0 Å². The number of para-hydroxylation sites is 2. The summed E-state index contributed by atoms with van der Waals surface area (Å²) in [5, 5.41) is 6.70. The van der Waals surface area contributed by atoms with E-state index in [2.05, 4.69) is 10.4 Å². The lowest BCUT2D eigenvalue weighted by Crippen LogP contribution is -2.47. The number of aryl methyl sites for hydroxylation is 1. The van der Waals surface area contributed by atoms with Crippen LogP contribution < -0.4 is 15.0 Å². The van der Waals surface area contributed by atoms with Gasteiger partial charge in [-0.25, -0.2) is 0 Å². The topological polar surface area (TPSA) is 76.5 Å². The van der Waals surface area contributed by atoms with Crippen molar-refractivity contribution in [1.82, 2.24) is 9.78 Å². The third-order valence-corrected chi connectivity index (χ3v) is 3.36. The number of amides is 2. The number of anilines is 2. The number of fused-ring (bicyclic) bond motifs is 1. The Balaban J connectivity index is 1.78. The molecule has 1 atom stereocenters. The normalized spacial score (nSPS) is 16.9. The maximum atomic E-state index is 12.3. The molecule has 1 aromatic carbocycles. The van der Waals surface area contributed by atoms with Gasteiger partial charge in [-0.2, -0.15) is 5.10 Å². The molecule has 1 N–H and O–H groups in total. The molecular formula is C15H16N4O3. The van der Waals surface area contributed by atoms with Crippen LogP contribution in [0.1, 0.15) is 6.92 Å². The van der Waals surface area contributed by atoms with Gasteiger partial charge in [0, 0.05) is 13.2 Å². The Bertz CT molecular complexity index is 725. The van der Waals surface area contributed by atoms with E-state index < -0.39 is 6.10 Å². The monoisotopic (exact) mass is 300 g/mol. The van der Waals surface area contributed by atoms with E-state index in [1.165, 1.54) is 4.90 Å². The molecule has 114 valence electrons. The number of rotatable bonds is 3. The maximum absolute atomic E-state index is 12.3. The first-order valence-electron chi connectivity index (χ1n) is 6.90. The first-order valence-corrected chi connectivity index (χ1v) is 6.90. The van der Waals surface area contributed by atoms with E-state index in [9.17, 15) is 9.59 Å². The second-order valence-corrected chi connectivity index (χ2v) is 5.10. The summed E-state index contributed by atoms with van der Waals surface area (Å²) in [7, 11) is 1.76. The fraction of sp³-hybridized carbons (Fsp3) is 0.267. The van der Waals surface area contributed by atoms with Crippen LogP contribution in [0, 0.1) is 0 Å². The summed E-state index contributed by atoms with van der Waals surface area (Å²) < 4.78 is 7.13. The molecule has 0 unspecified atom stereocenters. The van der Waals surface area contributed by atoms with E-state index in [0.717, 1.165) is 0 Å². The molecule has 0 fully saturated rings. The van der Waals surface area contributed by atoms with Crippen molar-refractivity contribution < 1.29 is 14.3 Å². The minimum absolute atomic E-state index is 0.0710. The molecular weight excluding hydrogens is 284 g/mol. The zero-order valence-corrected chi connectivity index (χ0v) is 12.3. The van der Waals surface area contributed by atoms with E-state index in [1.54, 1.807) is 49.2 Å². The second-order valence-electron chi connectivity index (χ2n) is 5.10. The molecule has 7 nitrogen and oxygen atoms in total. The highest BCUT2D eigenvalue weighted by Crippen LogP contribution is 2.33. The van der Waals surface area contributed by atoms with Gasteiger partial charge in [-0.05, 0) is 19.1 Å². The number of hydrogen-bond acceptors (Lipinski definition) is 4. The molecule has 1 aliphatic rings. The molecule has 0 aliphatic carbocycles. The number of carbonyl (C=O) groups is 2. The van der Waals surface area contributed by atoms with Crippen LogP contribution in [-0.4, -0.2) is 34.2 Å². The molecule has 0 radical (unpaired) electrons. The lowest BCUT2D eigenvalue weighted by molar-refractivity contribution is -0.127. The maximum Gasteiger partial charge on any atom is 0.268 e. The SMILES string of the molecule is C[C@H]1Oc2ccccc2N(CC(=O)Nc2cnn(C)c2)C1=O. The molecule has 0 saturated carbocycles. The number of carbonyl (C=O) groups excluding carboxylic acids is 2. The van der Waals surface area contributed by atoms with Crippen molar-refractivity contribution in [2.24, 2.45) is 7.05 Å². The number of aromatic nitrogens is 2. The third-order valence-electron chi connectivity index (χ3n) is 3.36. The van der Waals surface area contributed by atoms with Gasteiger partial charge in [-0.1, -0.05) is 12.1 Å². The summed E-state index contributed by atoms with van der Waals surface area (Å²) in [5.41, 5.74) is 1.20. The molecule has 2 heterocycles. The highest BCUT2D eigenvalue weighted by atomic mass is 16.5. The number of hydrogen-bond donors (Lipinski definition) is 1. The zero-order chi connectivity index (χ0) is 15.7. The number of nitrogens with zero attached hydrogens (tertiary/aromatic N) is 3. The molecule has 0 spiro atoms. The van der Waals surface area contributed by atoms with Gasteiger partial charge in [0.2, 0.25) is 5.91 Å². The molecule has 7 heteroatoms. The Kier molecular flexibility index (Phi) is 3.54.